The Kier molecular flexibility index (Phi) is 6.40. The summed E-state index contributed by atoms with van der Waals surface area (Å²) in [5.41, 5.74) is 0.258. The molecule has 9 nitrogen and oxygen atoms in total. The van der Waals surface area contributed by atoms with Crippen LogP contribution < -0.4 is 4.74 Å². The molecule has 1 saturated heterocycles. The topological polar surface area (TPSA) is 95.3 Å². The van der Waals surface area contributed by atoms with E-state index in [1.54, 1.807) is 20.9 Å². The van der Waals surface area contributed by atoms with Crippen molar-refractivity contribution in [2.45, 2.75) is 51.9 Å². The van der Waals surface area contributed by atoms with Gasteiger partial charge in [0.05, 0.1) is 5.01 Å². The van der Waals surface area contributed by atoms with Crippen LogP contribution in [0, 0.1) is 5.92 Å². The van der Waals surface area contributed by atoms with Gasteiger partial charge in [-0.15, -0.1) is 16.4 Å². The normalized spacial score (nSPS) is 20.1. The van der Waals surface area contributed by atoms with E-state index in [9.17, 15) is 4.79 Å². The van der Waals surface area contributed by atoms with Crippen molar-refractivity contribution >= 4 is 17.4 Å². The molecule has 0 N–H and O–H groups in total. The second-order valence-electron chi connectivity index (χ2n) is 8.98. The second kappa shape index (κ2) is 9.23. The molecule has 1 aliphatic heterocycles. The van der Waals surface area contributed by atoms with Crippen molar-refractivity contribution in [1.29, 1.82) is 0 Å². The zero-order chi connectivity index (χ0) is 22.7. The first-order chi connectivity index (χ1) is 15.3. The maximum absolute atomic E-state index is 12.5. The molecule has 3 unspecified atom stereocenters. The average molecular weight is 457 g/mol. The van der Waals surface area contributed by atoms with Gasteiger partial charge in [0.2, 0.25) is 6.23 Å². The molecule has 1 aliphatic rings. The summed E-state index contributed by atoms with van der Waals surface area (Å²) >= 11 is 1.61. The zero-order valence-electron chi connectivity index (χ0n) is 18.7. The van der Waals surface area contributed by atoms with Crippen LogP contribution in [0.15, 0.2) is 42.0 Å². The van der Waals surface area contributed by atoms with Gasteiger partial charge in [0.1, 0.15) is 23.4 Å². The number of benzene rings is 1. The Balaban J connectivity index is 1.48. The van der Waals surface area contributed by atoms with Crippen LogP contribution in [-0.2, 0) is 4.74 Å². The first kappa shape index (κ1) is 22.2. The minimum absolute atomic E-state index is 0.252. The number of tetrazole rings is 1. The maximum atomic E-state index is 12.5. The van der Waals surface area contributed by atoms with Crippen LogP contribution in [0.3, 0.4) is 0 Å². The van der Waals surface area contributed by atoms with Gasteiger partial charge in [-0.2, -0.15) is 4.68 Å². The van der Waals surface area contributed by atoms with E-state index in [1.165, 1.54) is 6.33 Å². The van der Waals surface area contributed by atoms with Gasteiger partial charge in [0, 0.05) is 24.4 Å². The van der Waals surface area contributed by atoms with Crippen molar-refractivity contribution in [3.05, 3.63) is 52.7 Å². The maximum Gasteiger partial charge on any atom is 0.410 e. The fourth-order valence-electron chi connectivity index (χ4n) is 3.74. The lowest BCUT2D eigenvalue weighted by molar-refractivity contribution is 0.0155. The standard InChI is InChI=1S/C22H28N6O3S/c1-15-12-27(21(29)31-22(2,3)4)11-10-17(15)19-24-18(13-32-19)20(28-14-23-25-26-28)30-16-8-6-5-7-9-16/h5-9,13-15,17,20H,10-12H2,1-4H3. The Hall–Kier alpha value is -3.01. The third-order valence-corrected chi connectivity index (χ3v) is 6.26. The lowest BCUT2D eigenvalue weighted by Gasteiger charge is -2.36. The van der Waals surface area contributed by atoms with Crippen molar-refractivity contribution in [1.82, 2.24) is 30.1 Å². The number of carbonyl (C=O) groups excluding carboxylic acids is 1. The number of carbonyl (C=O) groups is 1. The quantitative estimate of drug-likeness (QED) is 0.570. The van der Waals surface area contributed by atoms with Crippen LogP contribution in [0.5, 0.6) is 5.75 Å². The zero-order valence-corrected chi connectivity index (χ0v) is 19.5. The molecule has 10 heteroatoms. The Bertz CT molecular complexity index is 1020. The highest BCUT2D eigenvalue weighted by atomic mass is 32.1. The lowest BCUT2D eigenvalue weighted by atomic mass is 9.87. The molecular weight excluding hydrogens is 428 g/mol. The Morgan fingerprint density at radius 2 is 2.03 bits per heavy atom. The summed E-state index contributed by atoms with van der Waals surface area (Å²) in [4.78, 5) is 19.2. The number of hydrogen-bond acceptors (Lipinski definition) is 8. The van der Waals surface area contributed by atoms with Gasteiger partial charge in [-0.05, 0) is 55.7 Å². The molecule has 3 aromatic rings. The van der Waals surface area contributed by atoms with Crippen LogP contribution >= 0.6 is 11.3 Å². The SMILES string of the molecule is CC1CN(C(=O)OC(C)(C)C)CCC1c1nc(C(Oc2ccccc2)n2cnnn2)cs1. The number of piperidine rings is 1. The minimum atomic E-state index is -0.561. The highest BCUT2D eigenvalue weighted by Crippen LogP contribution is 2.36. The molecule has 1 aromatic carbocycles. The van der Waals surface area contributed by atoms with Crippen LogP contribution in [0.1, 0.15) is 57.0 Å². The monoisotopic (exact) mass is 456 g/mol. The van der Waals surface area contributed by atoms with E-state index in [-0.39, 0.29) is 17.9 Å². The number of ether oxygens (including phenoxy) is 2. The first-order valence-electron chi connectivity index (χ1n) is 10.7. The van der Waals surface area contributed by atoms with E-state index in [0.717, 1.165) is 17.1 Å². The second-order valence-corrected chi connectivity index (χ2v) is 9.87. The smallest absolute Gasteiger partial charge is 0.410 e. The summed E-state index contributed by atoms with van der Waals surface area (Å²) in [5.74, 6) is 1.23. The summed E-state index contributed by atoms with van der Waals surface area (Å²) in [5, 5.41) is 14.5. The average Bonchev–Trinajstić information content (AvgIpc) is 3.44. The Morgan fingerprint density at radius 1 is 1.25 bits per heavy atom. The number of amides is 1. The molecule has 1 fully saturated rings. The number of aromatic nitrogens is 5. The highest BCUT2D eigenvalue weighted by molar-refractivity contribution is 7.09. The van der Waals surface area contributed by atoms with Gasteiger partial charge in [-0.3, -0.25) is 0 Å². The summed E-state index contributed by atoms with van der Waals surface area (Å²) in [6.45, 7) is 9.10. The van der Waals surface area contributed by atoms with Crippen LogP contribution in [0.25, 0.3) is 0 Å². The van der Waals surface area contributed by atoms with Gasteiger partial charge in [-0.1, -0.05) is 25.1 Å². The largest absolute Gasteiger partial charge is 0.463 e. The van der Waals surface area contributed by atoms with E-state index in [1.807, 2.05) is 56.5 Å². The molecule has 4 rings (SSSR count). The van der Waals surface area contributed by atoms with Gasteiger partial charge in [0.25, 0.3) is 0 Å². The fourth-order valence-corrected chi connectivity index (χ4v) is 4.84. The first-order valence-corrected chi connectivity index (χ1v) is 11.6. The Morgan fingerprint density at radius 3 is 2.69 bits per heavy atom. The van der Waals surface area contributed by atoms with E-state index in [2.05, 4.69) is 22.4 Å². The summed E-state index contributed by atoms with van der Waals surface area (Å²) in [6.07, 6.45) is 1.55. The van der Waals surface area contributed by atoms with E-state index in [0.29, 0.717) is 18.8 Å². The van der Waals surface area contributed by atoms with Gasteiger partial charge in [0.15, 0.2) is 0 Å². The molecule has 2 aromatic heterocycles. The molecule has 0 bridgehead atoms. The van der Waals surface area contributed by atoms with Crippen molar-refractivity contribution in [3.63, 3.8) is 0 Å². The van der Waals surface area contributed by atoms with E-state index >= 15 is 0 Å². The number of nitrogens with zero attached hydrogens (tertiary/aromatic N) is 6. The Labute approximate surface area is 191 Å². The number of rotatable bonds is 5. The van der Waals surface area contributed by atoms with Crippen LogP contribution in [-0.4, -0.2) is 54.9 Å². The number of thiazole rings is 1. The van der Waals surface area contributed by atoms with Gasteiger partial charge < -0.3 is 14.4 Å². The summed E-state index contributed by atoms with van der Waals surface area (Å²) < 4.78 is 13.3. The minimum Gasteiger partial charge on any atom is -0.463 e. The molecule has 0 saturated carbocycles. The fraction of sp³-hybridized carbons (Fsp3) is 0.500. The molecule has 0 radical (unpaired) electrons. The molecule has 170 valence electrons. The highest BCUT2D eigenvalue weighted by Gasteiger charge is 2.34. The van der Waals surface area contributed by atoms with Gasteiger partial charge >= 0.3 is 6.09 Å². The predicted octanol–water partition coefficient (Wildman–Crippen LogP) is 4.12. The van der Waals surface area contributed by atoms with Crippen molar-refractivity contribution in [2.75, 3.05) is 13.1 Å². The van der Waals surface area contributed by atoms with E-state index in [4.69, 9.17) is 14.5 Å². The molecule has 3 heterocycles. The summed E-state index contributed by atoms with van der Waals surface area (Å²) in [7, 11) is 0. The van der Waals surface area contributed by atoms with Gasteiger partial charge in [-0.25, -0.2) is 9.78 Å². The molecular formula is C22H28N6O3S. The third-order valence-electron chi connectivity index (χ3n) is 5.26. The third kappa shape index (κ3) is 5.24. The van der Waals surface area contributed by atoms with Crippen LogP contribution in [0.2, 0.25) is 0 Å². The number of hydrogen-bond donors (Lipinski definition) is 0. The lowest BCUT2D eigenvalue weighted by Crippen LogP contribution is -2.44. The molecule has 0 aliphatic carbocycles. The predicted molar refractivity (Wildman–Crippen MR) is 119 cm³/mol. The van der Waals surface area contributed by atoms with Crippen molar-refractivity contribution in [3.8, 4) is 5.75 Å². The van der Waals surface area contributed by atoms with E-state index < -0.39 is 11.8 Å². The molecule has 0 spiro atoms. The number of likely N-dealkylation sites (tertiary alicyclic amines) is 1. The van der Waals surface area contributed by atoms with Crippen LogP contribution in [0.4, 0.5) is 4.79 Å². The summed E-state index contributed by atoms with van der Waals surface area (Å²) in [6, 6.07) is 9.54. The molecule has 3 atom stereocenters. The molecule has 1 amide bonds. The van der Waals surface area contributed by atoms with Crippen molar-refractivity contribution in [2.24, 2.45) is 5.92 Å². The molecule has 32 heavy (non-hydrogen) atoms. The van der Waals surface area contributed by atoms with Crippen molar-refractivity contribution < 1.29 is 14.3 Å². The number of para-hydroxylation sites is 1.